The second-order valence-corrected chi connectivity index (χ2v) is 3.82. The molecule has 0 amide bonds. The van der Waals surface area contributed by atoms with Crippen molar-refractivity contribution in [1.29, 1.82) is 0 Å². The number of methoxy groups -OCH3 is 1. The molecule has 1 N–H and O–H groups in total. The number of terminal acetylenes is 1. The third kappa shape index (κ3) is 3.88. The van der Waals surface area contributed by atoms with Crippen molar-refractivity contribution >= 4 is 5.97 Å². The number of esters is 1. The lowest BCUT2D eigenvalue weighted by atomic mass is 10.1. The van der Waals surface area contributed by atoms with Gasteiger partial charge in [-0.1, -0.05) is 36.3 Å². The molecule has 4 nitrogen and oxygen atoms in total. The molecule has 1 atom stereocenters. The Hall–Kier alpha value is -1.83. The summed E-state index contributed by atoms with van der Waals surface area (Å²) in [6.45, 7) is 0.446. The van der Waals surface area contributed by atoms with Gasteiger partial charge in [0, 0.05) is 6.54 Å². The van der Waals surface area contributed by atoms with E-state index in [-0.39, 0.29) is 13.2 Å². The molecule has 4 heteroatoms. The van der Waals surface area contributed by atoms with E-state index in [0.29, 0.717) is 6.54 Å². The summed E-state index contributed by atoms with van der Waals surface area (Å²) in [5, 5.41) is 9.29. The number of ether oxygens (including phenoxy) is 1. The first-order valence-corrected chi connectivity index (χ1v) is 5.63. The van der Waals surface area contributed by atoms with Crippen molar-refractivity contribution in [3.63, 3.8) is 0 Å². The Morgan fingerprint density at radius 3 is 2.67 bits per heavy atom. The zero-order valence-electron chi connectivity index (χ0n) is 10.4. The van der Waals surface area contributed by atoms with E-state index < -0.39 is 12.0 Å². The molecule has 96 valence electrons. The molecular formula is C14H17NO3. The van der Waals surface area contributed by atoms with Crippen LogP contribution in [0.2, 0.25) is 0 Å². The summed E-state index contributed by atoms with van der Waals surface area (Å²) in [6.07, 6.45) is 5.29. The number of benzene rings is 1. The average Bonchev–Trinajstić information content (AvgIpc) is 2.40. The van der Waals surface area contributed by atoms with E-state index >= 15 is 0 Å². The number of carbonyl (C=O) groups excluding carboxylic acids is 1. The molecule has 0 spiro atoms. The van der Waals surface area contributed by atoms with Crippen molar-refractivity contribution < 1.29 is 14.6 Å². The highest BCUT2D eigenvalue weighted by atomic mass is 16.5. The van der Waals surface area contributed by atoms with Gasteiger partial charge in [0.2, 0.25) is 0 Å². The van der Waals surface area contributed by atoms with E-state index in [0.717, 1.165) is 5.56 Å². The molecule has 1 aromatic carbocycles. The second kappa shape index (κ2) is 7.49. The Morgan fingerprint density at radius 2 is 2.17 bits per heavy atom. The molecule has 18 heavy (non-hydrogen) atoms. The van der Waals surface area contributed by atoms with Crippen molar-refractivity contribution in [2.75, 3.05) is 20.3 Å². The minimum Gasteiger partial charge on any atom is -0.468 e. The SMILES string of the molecule is C#CCN(Cc1ccccc1)C(CO)C(=O)OC. The zero-order chi connectivity index (χ0) is 13.4. The van der Waals surface area contributed by atoms with Crippen LogP contribution in [0.15, 0.2) is 30.3 Å². The smallest absolute Gasteiger partial charge is 0.325 e. The zero-order valence-corrected chi connectivity index (χ0v) is 10.4. The van der Waals surface area contributed by atoms with Gasteiger partial charge in [-0.2, -0.15) is 0 Å². The van der Waals surface area contributed by atoms with Crippen LogP contribution in [0.3, 0.4) is 0 Å². The molecular weight excluding hydrogens is 230 g/mol. The van der Waals surface area contributed by atoms with Crippen molar-refractivity contribution in [3.05, 3.63) is 35.9 Å². The average molecular weight is 247 g/mol. The maximum Gasteiger partial charge on any atom is 0.325 e. The molecule has 0 saturated carbocycles. The Labute approximate surface area is 107 Å². The Kier molecular flexibility index (Phi) is 5.92. The largest absolute Gasteiger partial charge is 0.468 e. The van der Waals surface area contributed by atoms with Crippen LogP contribution in [0.25, 0.3) is 0 Å². The molecule has 0 aromatic heterocycles. The van der Waals surface area contributed by atoms with Crippen LogP contribution < -0.4 is 0 Å². The van der Waals surface area contributed by atoms with Gasteiger partial charge >= 0.3 is 5.97 Å². The van der Waals surface area contributed by atoms with E-state index in [1.165, 1.54) is 7.11 Å². The fraction of sp³-hybridized carbons (Fsp3) is 0.357. The molecule has 0 radical (unpaired) electrons. The molecule has 1 unspecified atom stereocenters. The number of carbonyl (C=O) groups is 1. The highest BCUT2D eigenvalue weighted by Gasteiger charge is 2.25. The topological polar surface area (TPSA) is 49.8 Å². The summed E-state index contributed by atoms with van der Waals surface area (Å²) >= 11 is 0. The first-order chi connectivity index (χ1) is 8.72. The van der Waals surface area contributed by atoms with Crippen LogP contribution in [0.1, 0.15) is 5.56 Å². The van der Waals surface area contributed by atoms with Gasteiger partial charge in [-0.3, -0.25) is 9.69 Å². The van der Waals surface area contributed by atoms with Crippen LogP contribution >= 0.6 is 0 Å². The molecule has 0 aliphatic heterocycles. The van der Waals surface area contributed by atoms with E-state index in [1.54, 1.807) is 4.90 Å². The van der Waals surface area contributed by atoms with Crippen molar-refractivity contribution in [2.24, 2.45) is 0 Å². The minimum atomic E-state index is -0.730. The summed E-state index contributed by atoms with van der Waals surface area (Å²) in [6, 6.07) is 8.89. The predicted molar refractivity (Wildman–Crippen MR) is 68.6 cm³/mol. The van der Waals surface area contributed by atoms with Gasteiger partial charge in [-0.05, 0) is 5.56 Å². The summed E-state index contributed by atoms with van der Waals surface area (Å²) in [4.78, 5) is 13.3. The maximum absolute atomic E-state index is 11.6. The van der Waals surface area contributed by atoms with Gasteiger partial charge in [0.15, 0.2) is 0 Å². The number of nitrogens with zero attached hydrogens (tertiary/aromatic N) is 1. The van der Waals surface area contributed by atoms with Gasteiger partial charge in [0.1, 0.15) is 6.04 Å². The van der Waals surface area contributed by atoms with Crippen molar-refractivity contribution in [1.82, 2.24) is 4.90 Å². The quantitative estimate of drug-likeness (QED) is 0.592. The first kappa shape index (κ1) is 14.2. The van der Waals surface area contributed by atoms with E-state index in [4.69, 9.17) is 6.42 Å². The lowest BCUT2D eigenvalue weighted by Crippen LogP contribution is -2.44. The minimum absolute atomic E-state index is 0.273. The van der Waals surface area contributed by atoms with Gasteiger partial charge in [-0.15, -0.1) is 6.42 Å². The molecule has 1 aromatic rings. The number of aliphatic hydroxyl groups is 1. The van der Waals surface area contributed by atoms with E-state index in [1.807, 2.05) is 30.3 Å². The molecule has 0 fully saturated rings. The lowest BCUT2D eigenvalue weighted by molar-refractivity contribution is -0.148. The first-order valence-electron chi connectivity index (χ1n) is 5.63. The second-order valence-electron chi connectivity index (χ2n) is 3.82. The van der Waals surface area contributed by atoms with Crippen LogP contribution in [-0.4, -0.2) is 42.3 Å². The normalized spacial score (nSPS) is 11.9. The number of hydrogen-bond donors (Lipinski definition) is 1. The highest BCUT2D eigenvalue weighted by Crippen LogP contribution is 2.09. The number of rotatable bonds is 6. The summed E-state index contributed by atoms with van der Waals surface area (Å²) in [7, 11) is 1.29. The number of aliphatic hydroxyl groups excluding tert-OH is 1. The van der Waals surface area contributed by atoms with Crippen LogP contribution in [0.4, 0.5) is 0 Å². The van der Waals surface area contributed by atoms with Gasteiger partial charge in [-0.25, -0.2) is 0 Å². The molecule has 0 aliphatic rings. The van der Waals surface area contributed by atoms with E-state index in [2.05, 4.69) is 10.7 Å². The van der Waals surface area contributed by atoms with Gasteiger partial charge < -0.3 is 9.84 Å². The van der Waals surface area contributed by atoms with Crippen molar-refractivity contribution in [2.45, 2.75) is 12.6 Å². The summed E-state index contributed by atoms with van der Waals surface area (Å²) < 4.78 is 4.66. The monoisotopic (exact) mass is 247 g/mol. The van der Waals surface area contributed by atoms with Gasteiger partial charge in [0.05, 0.1) is 20.3 Å². The molecule has 0 bridgehead atoms. The Bertz CT molecular complexity index is 411. The van der Waals surface area contributed by atoms with Gasteiger partial charge in [0.25, 0.3) is 0 Å². The predicted octanol–water partition coefficient (Wildman–Crippen LogP) is 0.656. The maximum atomic E-state index is 11.6. The van der Waals surface area contributed by atoms with Crippen LogP contribution in [-0.2, 0) is 16.1 Å². The fourth-order valence-electron chi connectivity index (χ4n) is 1.69. The lowest BCUT2D eigenvalue weighted by Gasteiger charge is -2.26. The highest BCUT2D eigenvalue weighted by molar-refractivity contribution is 5.75. The standard InChI is InChI=1S/C14H17NO3/c1-3-9-15(13(11-16)14(17)18-2)10-12-7-5-4-6-8-12/h1,4-8,13,16H,9-11H2,2H3. The summed E-state index contributed by atoms with van der Waals surface area (Å²) in [5.74, 6) is 2.01. The number of hydrogen-bond acceptors (Lipinski definition) is 4. The Morgan fingerprint density at radius 1 is 1.50 bits per heavy atom. The molecule has 1 rings (SSSR count). The summed E-state index contributed by atoms with van der Waals surface area (Å²) in [5.41, 5.74) is 1.02. The Balaban J connectivity index is 2.81. The van der Waals surface area contributed by atoms with Crippen LogP contribution in [0.5, 0.6) is 0 Å². The third-order valence-corrected chi connectivity index (χ3v) is 2.61. The fourth-order valence-corrected chi connectivity index (χ4v) is 1.69. The van der Waals surface area contributed by atoms with E-state index in [9.17, 15) is 9.90 Å². The van der Waals surface area contributed by atoms with Crippen molar-refractivity contribution in [3.8, 4) is 12.3 Å². The molecule has 0 heterocycles. The molecule has 0 aliphatic carbocycles. The third-order valence-electron chi connectivity index (χ3n) is 2.61. The molecule has 0 saturated heterocycles. The van der Waals surface area contributed by atoms with Crippen LogP contribution in [0, 0.1) is 12.3 Å².